The Kier molecular flexibility index (Phi) is 5.12. The summed E-state index contributed by atoms with van der Waals surface area (Å²) >= 11 is 5.94. The topological polar surface area (TPSA) is 50.7 Å². The monoisotopic (exact) mass is 304 g/mol. The lowest BCUT2D eigenvalue weighted by Crippen LogP contribution is -2.14. The molecule has 0 radical (unpaired) electrons. The van der Waals surface area contributed by atoms with Crippen LogP contribution in [0, 0.1) is 6.92 Å². The molecule has 0 aliphatic carbocycles. The summed E-state index contributed by atoms with van der Waals surface area (Å²) in [6.45, 7) is 8.18. The van der Waals surface area contributed by atoms with E-state index in [1.807, 2.05) is 31.2 Å². The highest BCUT2D eigenvalue weighted by atomic mass is 35.5. The molecule has 0 fully saturated rings. The van der Waals surface area contributed by atoms with Crippen molar-refractivity contribution in [1.82, 2.24) is 15.0 Å². The maximum absolute atomic E-state index is 5.94. The zero-order valence-corrected chi connectivity index (χ0v) is 13.6. The zero-order valence-electron chi connectivity index (χ0n) is 12.9. The minimum atomic E-state index is 0.157. The number of hydrogen-bond acceptors (Lipinski definition) is 4. The Labute approximate surface area is 131 Å². The molecule has 0 spiro atoms. The molecule has 21 heavy (non-hydrogen) atoms. The lowest BCUT2D eigenvalue weighted by Gasteiger charge is -2.18. The van der Waals surface area contributed by atoms with Crippen LogP contribution in [-0.4, -0.2) is 15.0 Å². The van der Waals surface area contributed by atoms with Gasteiger partial charge in [-0.3, -0.25) is 0 Å². The van der Waals surface area contributed by atoms with Crippen LogP contribution in [0.3, 0.4) is 0 Å². The first-order chi connectivity index (χ1) is 9.99. The maximum atomic E-state index is 5.94. The van der Waals surface area contributed by atoms with E-state index in [1.165, 1.54) is 5.56 Å². The summed E-state index contributed by atoms with van der Waals surface area (Å²) in [5.74, 6) is 2.47. The number of nitrogens with zero attached hydrogens (tertiary/aromatic N) is 3. The number of aryl methyl sites for hydroxylation is 1. The quantitative estimate of drug-likeness (QED) is 0.882. The van der Waals surface area contributed by atoms with Crippen LogP contribution in [0.5, 0.6) is 0 Å². The van der Waals surface area contributed by atoms with E-state index in [1.54, 1.807) is 0 Å². The van der Waals surface area contributed by atoms with Crippen molar-refractivity contribution in [2.75, 3.05) is 5.32 Å². The number of aromatic nitrogens is 3. The number of anilines is 1. The maximum Gasteiger partial charge on any atom is 0.226 e. The summed E-state index contributed by atoms with van der Waals surface area (Å²) in [5.41, 5.74) is 1.17. The van der Waals surface area contributed by atoms with Gasteiger partial charge in [0.2, 0.25) is 5.95 Å². The van der Waals surface area contributed by atoms with E-state index in [-0.39, 0.29) is 12.0 Å². The second-order valence-corrected chi connectivity index (χ2v) is 5.81. The number of halogens is 1. The Balaban J connectivity index is 2.24. The second kappa shape index (κ2) is 6.85. The summed E-state index contributed by atoms with van der Waals surface area (Å²) < 4.78 is 0. The molecule has 1 heterocycles. The molecular weight excluding hydrogens is 284 g/mol. The standard InChI is InChI=1S/C16H21ClN4/c1-5-14(12-6-8-13(17)9-7-12)20-16-19-11(4)18-15(21-16)10(2)3/h6-10,14H,5H2,1-4H3,(H,18,19,20,21). The number of benzene rings is 1. The minimum Gasteiger partial charge on any atom is -0.347 e. The highest BCUT2D eigenvalue weighted by Crippen LogP contribution is 2.23. The first-order valence-corrected chi connectivity index (χ1v) is 7.62. The van der Waals surface area contributed by atoms with Gasteiger partial charge in [0.1, 0.15) is 11.6 Å². The number of rotatable bonds is 5. The smallest absolute Gasteiger partial charge is 0.226 e. The lowest BCUT2D eigenvalue weighted by molar-refractivity contribution is 0.710. The highest BCUT2D eigenvalue weighted by Gasteiger charge is 2.13. The van der Waals surface area contributed by atoms with Gasteiger partial charge in [-0.15, -0.1) is 0 Å². The molecule has 1 aromatic carbocycles. The first-order valence-electron chi connectivity index (χ1n) is 7.24. The molecule has 0 aliphatic rings. The molecule has 1 N–H and O–H groups in total. The molecule has 0 bridgehead atoms. The van der Waals surface area contributed by atoms with Crippen LogP contribution in [0.4, 0.5) is 5.95 Å². The fourth-order valence-corrected chi connectivity index (χ4v) is 2.22. The van der Waals surface area contributed by atoms with Crippen molar-refractivity contribution >= 4 is 17.5 Å². The second-order valence-electron chi connectivity index (χ2n) is 5.38. The van der Waals surface area contributed by atoms with Gasteiger partial charge >= 0.3 is 0 Å². The molecule has 1 aromatic heterocycles. The molecule has 1 unspecified atom stereocenters. The zero-order chi connectivity index (χ0) is 15.4. The summed E-state index contributed by atoms with van der Waals surface area (Å²) in [4.78, 5) is 13.3. The Hall–Kier alpha value is -1.68. The van der Waals surface area contributed by atoms with E-state index in [0.29, 0.717) is 5.95 Å². The molecular formula is C16H21ClN4. The predicted octanol–water partition coefficient (Wildman–Crippen LogP) is 4.52. The van der Waals surface area contributed by atoms with Crippen LogP contribution < -0.4 is 5.32 Å². The predicted molar refractivity (Wildman–Crippen MR) is 86.8 cm³/mol. The van der Waals surface area contributed by atoms with Crippen LogP contribution in [0.15, 0.2) is 24.3 Å². The van der Waals surface area contributed by atoms with E-state index in [4.69, 9.17) is 11.6 Å². The van der Waals surface area contributed by atoms with E-state index < -0.39 is 0 Å². The Morgan fingerprint density at radius 3 is 2.33 bits per heavy atom. The van der Waals surface area contributed by atoms with Crippen molar-refractivity contribution in [3.63, 3.8) is 0 Å². The van der Waals surface area contributed by atoms with Crippen LogP contribution in [0.25, 0.3) is 0 Å². The van der Waals surface area contributed by atoms with Crippen molar-refractivity contribution in [2.24, 2.45) is 0 Å². The summed E-state index contributed by atoms with van der Waals surface area (Å²) in [6.07, 6.45) is 0.934. The molecule has 112 valence electrons. The van der Waals surface area contributed by atoms with Crippen LogP contribution in [-0.2, 0) is 0 Å². The first kappa shape index (κ1) is 15.7. The van der Waals surface area contributed by atoms with Crippen molar-refractivity contribution in [1.29, 1.82) is 0 Å². The Morgan fingerprint density at radius 2 is 1.76 bits per heavy atom. The Morgan fingerprint density at radius 1 is 1.10 bits per heavy atom. The summed E-state index contributed by atoms with van der Waals surface area (Å²) in [7, 11) is 0. The normalized spacial score (nSPS) is 12.5. The molecule has 5 heteroatoms. The van der Waals surface area contributed by atoms with Gasteiger partial charge in [-0.2, -0.15) is 9.97 Å². The summed E-state index contributed by atoms with van der Waals surface area (Å²) in [5, 5.41) is 4.14. The van der Waals surface area contributed by atoms with Crippen LogP contribution in [0.2, 0.25) is 5.02 Å². The third-order valence-corrected chi connectivity index (χ3v) is 3.52. The van der Waals surface area contributed by atoms with Gasteiger partial charge in [0.05, 0.1) is 6.04 Å². The largest absolute Gasteiger partial charge is 0.347 e. The number of hydrogen-bond donors (Lipinski definition) is 1. The molecule has 4 nitrogen and oxygen atoms in total. The molecule has 0 saturated carbocycles. The fourth-order valence-electron chi connectivity index (χ4n) is 2.10. The van der Waals surface area contributed by atoms with Gasteiger partial charge in [-0.25, -0.2) is 4.98 Å². The van der Waals surface area contributed by atoms with Crippen molar-refractivity contribution in [3.05, 3.63) is 46.5 Å². The van der Waals surface area contributed by atoms with E-state index in [2.05, 4.69) is 41.0 Å². The van der Waals surface area contributed by atoms with E-state index >= 15 is 0 Å². The van der Waals surface area contributed by atoms with Crippen molar-refractivity contribution < 1.29 is 0 Å². The molecule has 2 aromatic rings. The minimum absolute atomic E-state index is 0.157. The third-order valence-electron chi connectivity index (χ3n) is 3.26. The Bertz CT molecular complexity index is 596. The molecule has 1 atom stereocenters. The third kappa shape index (κ3) is 4.14. The van der Waals surface area contributed by atoms with Gasteiger partial charge in [-0.05, 0) is 31.0 Å². The van der Waals surface area contributed by atoms with Gasteiger partial charge in [-0.1, -0.05) is 44.5 Å². The summed E-state index contributed by atoms with van der Waals surface area (Å²) in [6, 6.07) is 8.02. The molecule has 0 saturated heterocycles. The number of nitrogens with one attached hydrogen (secondary N) is 1. The average Bonchev–Trinajstić information content (AvgIpc) is 2.45. The van der Waals surface area contributed by atoms with E-state index in [0.717, 1.165) is 23.1 Å². The molecule has 2 rings (SSSR count). The van der Waals surface area contributed by atoms with Crippen LogP contribution >= 0.6 is 11.6 Å². The lowest BCUT2D eigenvalue weighted by atomic mass is 10.1. The van der Waals surface area contributed by atoms with Crippen molar-refractivity contribution in [2.45, 2.75) is 46.1 Å². The van der Waals surface area contributed by atoms with E-state index in [9.17, 15) is 0 Å². The SMILES string of the molecule is CCC(Nc1nc(C)nc(C(C)C)n1)c1ccc(Cl)cc1. The van der Waals surface area contributed by atoms with Crippen LogP contribution in [0.1, 0.15) is 56.4 Å². The highest BCUT2D eigenvalue weighted by molar-refractivity contribution is 6.30. The van der Waals surface area contributed by atoms with Gasteiger partial charge in [0.15, 0.2) is 0 Å². The van der Waals surface area contributed by atoms with Gasteiger partial charge in [0, 0.05) is 10.9 Å². The van der Waals surface area contributed by atoms with Gasteiger partial charge < -0.3 is 5.32 Å². The van der Waals surface area contributed by atoms with Crippen molar-refractivity contribution in [3.8, 4) is 0 Å². The molecule has 0 aliphatic heterocycles. The fraction of sp³-hybridized carbons (Fsp3) is 0.438. The average molecular weight is 305 g/mol. The van der Waals surface area contributed by atoms with Gasteiger partial charge in [0.25, 0.3) is 0 Å². The molecule has 0 amide bonds.